The highest BCUT2D eigenvalue weighted by atomic mass is 16.4. The van der Waals surface area contributed by atoms with Crippen LogP contribution >= 0.6 is 0 Å². The molecule has 4 N–H and O–H groups in total. The van der Waals surface area contributed by atoms with Crippen molar-refractivity contribution in [2.75, 3.05) is 26.7 Å². The molecule has 1 fully saturated rings. The van der Waals surface area contributed by atoms with Gasteiger partial charge in [-0.2, -0.15) is 0 Å². The van der Waals surface area contributed by atoms with Crippen LogP contribution in [0.15, 0.2) is 0 Å². The van der Waals surface area contributed by atoms with Crippen molar-refractivity contribution in [3.05, 3.63) is 0 Å². The van der Waals surface area contributed by atoms with Gasteiger partial charge in [0.25, 0.3) is 0 Å². The Morgan fingerprint density at radius 2 is 2.14 bits per heavy atom. The van der Waals surface area contributed by atoms with Gasteiger partial charge in [-0.05, 0) is 57.5 Å². The number of carbonyl (C=O) groups is 2. The van der Waals surface area contributed by atoms with E-state index in [1.165, 1.54) is 6.42 Å². The molecule has 3 atom stereocenters. The van der Waals surface area contributed by atoms with Crippen LogP contribution in [0.2, 0.25) is 0 Å². The van der Waals surface area contributed by atoms with Gasteiger partial charge in [0.15, 0.2) is 0 Å². The van der Waals surface area contributed by atoms with E-state index >= 15 is 0 Å². The minimum atomic E-state index is -0.962. The van der Waals surface area contributed by atoms with Gasteiger partial charge in [-0.15, -0.1) is 0 Å². The first-order valence-electron chi connectivity index (χ1n) is 8.33. The van der Waals surface area contributed by atoms with E-state index in [1.807, 2.05) is 0 Å². The fourth-order valence-corrected chi connectivity index (χ4v) is 2.95. The number of nitrogens with zero attached hydrogens (tertiary/aromatic N) is 1. The summed E-state index contributed by atoms with van der Waals surface area (Å²) in [6.45, 7) is 5.12. The van der Waals surface area contributed by atoms with E-state index < -0.39 is 12.0 Å². The number of nitrogens with one attached hydrogen (secondary N) is 1. The van der Waals surface area contributed by atoms with Gasteiger partial charge >= 0.3 is 5.97 Å². The number of likely N-dealkylation sites (tertiary alicyclic amines) is 1. The first-order valence-corrected chi connectivity index (χ1v) is 8.33. The van der Waals surface area contributed by atoms with Gasteiger partial charge < -0.3 is 21.1 Å². The molecule has 1 heterocycles. The zero-order valence-electron chi connectivity index (χ0n) is 13.9. The number of nitrogens with two attached hydrogens (primary N) is 1. The van der Waals surface area contributed by atoms with E-state index in [2.05, 4.69) is 24.2 Å². The van der Waals surface area contributed by atoms with Gasteiger partial charge in [-0.3, -0.25) is 9.59 Å². The van der Waals surface area contributed by atoms with Crippen molar-refractivity contribution in [3.8, 4) is 0 Å². The van der Waals surface area contributed by atoms with Crippen LogP contribution in [-0.2, 0) is 9.59 Å². The maximum atomic E-state index is 11.8. The number of unbranched alkanes of at least 4 members (excludes halogenated alkanes) is 1. The van der Waals surface area contributed by atoms with Gasteiger partial charge in [0.05, 0.1) is 0 Å². The lowest BCUT2D eigenvalue weighted by Gasteiger charge is -2.34. The number of amides is 1. The molecule has 0 saturated carbocycles. The Kier molecular flexibility index (Phi) is 8.42. The van der Waals surface area contributed by atoms with E-state index in [4.69, 9.17) is 10.8 Å². The molecule has 0 radical (unpaired) electrons. The van der Waals surface area contributed by atoms with Crippen LogP contribution in [0.5, 0.6) is 0 Å². The largest absolute Gasteiger partial charge is 0.480 e. The topological polar surface area (TPSA) is 95.7 Å². The van der Waals surface area contributed by atoms with Crippen LogP contribution in [-0.4, -0.2) is 54.6 Å². The molecule has 0 aromatic heterocycles. The average Bonchev–Trinajstić information content (AvgIpc) is 2.47. The SMILES string of the molecule is CC1CCN(C)CC1CCC(=O)NCCCCC(N)C(=O)O. The summed E-state index contributed by atoms with van der Waals surface area (Å²) in [5, 5.41) is 11.6. The van der Waals surface area contributed by atoms with Crippen LogP contribution in [0.1, 0.15) is 45.4 Å². The zero-order chi connectivity index (χ0) is 16.5. The highest BCUT2D eigenvalue weighted by Gasteiger charge is 2.24. The molecule has 0 aromatic rings. The summed E-state index contributed by atoms with van der Waals surface area (Å²) in [6, 6.07) is -0.791. The maximum Gasteiger partial charge on any atom is 0.320 e. The molecule has 6 heteroatoms. The molecule has 1 saturated heterocycles. The van der Waals surface area contributed by atoms with E-state index in [9.17, 15) is 9.59 Å². The van der Waals surface area contributed by atoms with Gasteiger partial charge in [-0.25, -0.2) is 0 Å². The summed E-state index contributed by atoms with van der Waals surface area (Å²) >= 11 is 0. The van der Waals surface area contributed by atoms with Crippen molar-refractivity contribution in [2.24, 2.45) is 17.6 Å². The van der Waals surface area contributed by atoms with E-state index in [1.54, 1.807) is 0 Å². The third kappa shape index (κ3) is 7.22. The summed E-state index contributed by atoms with van der Waals surface area (Å²) in [5.74, 6) is 0.443. The number of hydrogen-bond acceptors (Lipinski definition) is 4. The lowest BCUT2D eigenvalue weighted by Crippen LogP contribution is -2.37. The number of carboxylic acid groups (broad SMARTS) is 1. The second-order valence-corrected chi connectivity index (χ2v) is 6.62. The Balaban J connectivity index is 2.07. The molecule has 0 bridgehead atoms. The number of carbonyl (C=O) groups excluding carboxylic acids is 1. The van der Waals surface area contributed by atoms with E-state index in [0.717, 1.165) is 32.4 Å². The Morgan fingerprint density at radius 3 is 2.82 bits per heavy atom. The van der Waals surface area contributed by atoms with Crippen molar-refractivity contribution < 1.29 is 14.7 Å². The highest BCUT2D eigenvalue weighted by Crippen LogP contribution is 2.25. The lowest BCUT2D eigenvalue weighted by atomic mass is 9.84. The van der Waals surface area contributed by atoms with Crippen LogP contribution in [0.4, 0.5) is 0 Å². The average molecular weight is 313 g/mol. The molecular formula is C16H31N3O3. The van der Waals surface area contributed by atoms with Crippen LogP contribution in [0.25, 0.3) is 0 Å². The predicted octanol–water partition coefficient (Wildman–Crippen LogP) is 1.05. The molecule has 1 aliphatic rings. The molecule has 0 spiro atoms. The molecular weight excluding hydrogens is 282 g/mol. The maximum absolute atomic E-state index is 11.8. The van der Waals surface area contributed by atoms with Crippen molar-refractivity contribution in [3.63, 3.8) is 0 Å². The number of aliphatic carboxylic acids is 1. The van der Waals surface area contributed by atoms with Gasteiger partial charge in [0.1, 0.15) is 6.04 Å². The van der Waals surface area contributed by atoms with Crippen LogP contribution in [0.3, 0.4) is 0 Å². The van der Waals surface area contributed by atoms with Crippen LogP contribution < -0.4 is 11.1 Å². The van der Waals surface area contributed by atoms with Gasteiger partial charge in [-0.1, -0.05) is 6.92 Å². The second kappa shape index (κ2) is 9.79. The summed E-state index contributed by atoms with van der Waals surface area (Å²) in [4.78, 5) is 24.7. The standard InChI is InChI=1S/C16H31N3O3/c1-12-8-10-19(2)11-13(12)6-7-15(20)18-9-4-3-5-14(17)16(21)22/h12-14H,3-11,17H2,1-2H3,(H,18,20)(H,21,22). The molecule has 6 nitrogen and oxygen atoms in total. The fraction of sp³-hybridized carbons (Fsp3) is 0.875. The summed E-state index contributed by atoms with van der Waals surface area (Å²) in [7, 11) is 2.14. The zero-order valence-corrected chi connectivity index (χ0v) is 13.9. The molecule has 3 unspecified atom stereocenters. The quantitative estimate of drug-likeness (QED) is 0.553. The van der Waals surface area contributed by atoms with Gasteiger partial charge in [0.2, 0.25) is 5.91 Å². The highest BCUT2D eigenvalue weighted by molar-refractivity contribution is 5.75. The van der Waals surface area contributed by atoms with E-state index in [-0.39, 0.29) is 5.91 Å². The second-order valence-electron chi connectivity index (χ2n) is 6.62. The Hall–Kier alpha value is -1.14. The molecule has 0 aliphatic carbocycles. The molecule has 22 heavy (non-hydrogen) atoms. The Labute approximate surface area is 133 Å². The number of piperidine rings is 1. The summed E-state index contributed by atoms with van der Waals surface area (Å²) < 4.78 is 0. The first kappa shape index (κ1) is 18.9. The molecule has 1 aliphatic heterocycles. The van der Waals surface area contributed by atoms with Crippen molar-refractivity contribution in [1.82, 2.24) is 10.2 Å². The van der Waals surface area contributed by atoms with Gasteiger partial charge in [0, 0.05) is 19.5 Å². The van der Waals surface area contributed by atoms with Crippen molar-refractivity contribution >= 4 is 11.9 Å². The number of hydrogen-bond donors (Lipinski definition) is 3. The number of rotatable bonds is 9. The monoisotopic (exact) mass is 313 g/mol. The van der Waals surface area contributed by atoms with E-state index in [0.29, 0.717) is 31.2 Å². The minimum Gasteiger partial charge on any atom is -0.480 e. The minimum absolute atomic E-state index is 0.1000. The Bertz CT molecular complexity index is 363. The van der Waals surface area contributed by atoms with Crippen molar-refractivity contribution in [2.45, 2.75) is 51.5 Å². The fourth-order valence-electron chi connectivity index (χ4n) is 2.95. The van der Waals surface area contributed by atoms with Crippen LogP contribution in [0, 0.1) is 11.8 Å². The smallest absolute Gasteiger partial charge is 0.320 e. The lowest BCUT2D eigenvalue weighted by molar-refractivity contribution is -0.138. The number of carboxylic acids is 1. The predicted molar refractivity (Wildman–Crippen MR) is 86.5 cm³/mol. The molecule has 1 rings (SSSR count). The first-order chi connectivity index (χ1) is 10.4. The third-order valence-electron chi connectivity index (χ3n) is 4.64. The normalized spacial score (nSPS) is 24.0. The molecule has 1 amide bonds. The summed E-state index contributed by atoms with van der Waals surface area (Å²) in [6.07, 6.45) is 4.69. The Morgan fingerprint density at radius 1 is 1.41 bits per heavy atom. The third-order valence-corrected chi connectivity index (χ3v) is 4.64. The molecule has 0 aromatic carbocycles. The molecule has 128 valence electrons. The van der Waals surface area contributed by atoms with Crippen molar-refractivity contribution in [1.29, 1.82) is 0 Å². The summed E-state index contributed by atoms with van der Waals surface area (Å²) in [5.41, 5.74) is 5.42.